The number of aromatic nitrogens is 4. The molecular formula is C12H12ClN5O. The summed E-state index contributed by atoms with van der Waals surface area (Å²) in [7, 11) is 0. The Hall–Kier alpha value is -2.08. The fourth-order valence-electron chi connectivity index (χ4n) is 2.01. The van der Waals surface area contributed by atoms with Crippen LogP contribution >= 0.6 is 11.6 Å². The third-order valence-corrected chi connectivity index (χ3v) is 3.10. The van der Waals surface area contributed by atoms with E-state index in [4.69, 9.17) is 21.9 Å². The number of halogens is 1. The molecule has 0 spiro atoms. The van der Waals surface area contributed by atoms with E-state index in [1.165, 1.54) is 0 Å². The van der Waals surface area contributed by atoms with E-state index in [0.29, 0.717) is 35.7 Å². The van der Waals surface area contributed by atoms with Gasteiger partial charge in [0, 0.05) is 24.9 Å². The Labute approximate surface area is 114 Å². The molecular weight excluding hydrogens is 266 g/mol. The third kappa shape index (κ3) is 2.26. The number of anilines is 1. The standard InChI is InChI=1S/C12H12ClN5O/c1-7-15-11(17-19-7)4-5-18-10-3-2-8(13)6-9(10)16-12(18)14/h2-3,6H,4-5H2,1H3,(H2,14,16). The average molecular weight is 278 g/mol. The van der Waals surface area contributed by atoms with Crippen molar-refractivity contribution in [2.24, 2.45) is 0 Å². The van der Waals surface area contributed by atoms with Crippen LogP contribution in [0.25, 0.3) is 11.0 Å². The molecule has 0 radical (unpaired) electrons. The molecule has 0 amide bonds. The molecule has 98 valence electrons. The predicted molar refractivity (Wildman–Crippen MR) is 71.9 cm³/mol. The van der Waals surface area contributed by atoms with Crippen molar-refractivity contribution in [3.8, 4) is 0 Å². The number of imidazole rings is 1. The normalized spacial score (nSPS) is 11.3. The SMILES string of the molecule is Cc1nc(CCn2c(N)nc3cc(Cl)ccc32)no1. The Kier molecular flexibility index (Phi) is 2.87. The van der Waals surface area contributed by atoms with Gasteiger partial charge in [-0.05, 0) is 18.2 Å². The zero-order chi connectivity index (χ0) is 13.4. The van der Waals surface area contributed by atoms with Gasteiger partial charge in [-0.15, -0.1) is 0 Å². The summed E-state index contributed by atoms with van der Waals surface area (Å²) in [4.78, 5) is 8.44. The largest absolute Gasteiger partial charge is 0.369 e. The van der Waals surface area contributed by atoms with E-state index < -0.39 is 0 Å². The van der Waals surface area contributed by atoms with Gasteiger partial charge in [0.25, 0.3) is 0 Å². The summed E-state index contributed by atoms with van der Waals surface area (Å²) in [6.45, 7) is 2.41. The van der Waals surface area contributed by atoms with Crippen molar-refractivity contribution < 1.29 is 4.52 Å². The average Bonchev–Trinajstić information content (AvgIpc) is 2.89. The molecule has 0 saturated heterocycles. The van der Waals surface area contributed by atoms with Crippen LogP contribution in [0.1, 0.15) is 11.7 Å². The van der Waals surface area contributed by atoms with Crippen molar-refractivity contribution >= 4 is 28.6 Å². The summed E-state index contributed by atoms with van der Waals surface area (Å²) in [5.74, 6) is 1.68. The van der Waals surface area contributed by atoms with Crippen LogP contribution in [0.2, 0.25) is 5.02 Å². The van der Waals surface area contributed by atoms with E-state index in [2.05, 4.69) is 15.1 Å². The second-order valence-electron chi connectivity index (χ2n) is 4.23. The zero-order valence-electron chi connectivity index (χ0n) is 10.3. The first-order valence-corrected chi connectivity index (χ1v) is 6.22. The third-order valence-electron chi connectivity index (χ3n) is 2.87. The number of fused-ring (bicyclic) bond motifs is 1. The number of nitrogens with two attached hydrogens (primary N) is 1. The van der Waals surface area contributed by atoms with Crippen LogP contribution < -0.4 is 5.73 Å². The number of nitrogens with zero attached hydrogens (tertiary/aromatic N) is 4. The van der Waals surface area contributed by atoms with Crippen molar-refractivity contribution in [1.29, 1.82) is 0 Å². The molecule has 7 heteroatoms. The minimum absolute atomic E-state index is 0.456. The Morgan fingerprint density at radius 3 is 2.95 bits per heavy atom. The topological polar surface area (TPSA) is 82.8 Å². The van der Waals surface area contributed by atoms with E-state index in [9.17, 15) is 0 Å². The number of rotatable bonds is 3. The summed E-state index contributed by atoms with van der Waals surface area (Å²) < 4.78 is 6.85. The lowest BCUT2D eigenvalue weighted by molar-refractivity contribution is 0.386. The van der Waals surface area contributed by atoms with Gasteiger partial charge in [0.1, 0.15) is 0 Å². The summed E-state index contributed by atoms with van der Waals surface area (Å²) in [5.41, 5.74) is 7.65. The van der Waals surface area contributed by atoms with Crippen LogP contribution in [0.5, 0.6) is 0 Å². The summed E-state index contributed by atoms with van der Waals surface area (Å²) in [6.07, 6.45) is 0.635. The summed E-state index contributed by atoms with van der Waals surface area (Å²) >= 11 is 5.93. The number of aryl methyl sites for hydroxylation is 3. The molecule has 0 bridgehead atoms. The molecule has 2 aromatic heterocycles. The second kappa shape index (κ2) is 4.55. The number of hydrogen-bond acceptors (Lipinski definition) is 5. The van der Waals surface area contributed by atoms with Crippen molar-refractivity contribution in [3.63, 3.8) is 0 Å². The van der Waals surface area contributed by atoms with Crippen LogP contribution in [0.15, 0.2) is 22.7 Å². The first-order chi connectivity index (χ1) is 9.13. The van der Waals surface area contributed by atoms with Crippen molar-refractivity contribution in [1.82, 2.24) is 19.7 Å². The van der Waals surface area contributed by atoms with Crippen LogP contribution in [0.3, 0.4) is 0 Å². The highest BCUT2D eigenvalue weighted by Gasteiger charge is 2.10. The molecule has 0 aliphatic rings. The molecule has 3 aromatic rings. The van der Waals surface area contributed by atoms with Gasteiger partial charge in [-0.3, -0.25) is 0 Å². The molecule has 6 nitrogen and oxygen atoms in total. The van der Waals surface area contributed by atoms with Gasteiger partial charge in [-0.25, -0.2) is 4.98 Å². The van der Waals surface area contributed by atoms with E-state index in [-0.39, 0.29) is 0 Å². The van der Waals surface area contributed by atoms with Gasteiger partial charge >= 0.3 is 0 Å². The van der Waals surface area contributed by atoms with Crippen LogP contribution in [0.4, 0.5) is 5.95 Å². The molecule has 2 heterocycles. The lowest BCUT2D eigenvalue weighted by Crippen LogP contribution is -2.06. The molecule has 3 rings (SSSR count). The Balaban J connectivity index is 1.90. The van der Waals surface area contributed by atoms with Gasteiger partial charge in [-0.2, -0.15) is 4.98 Å². The summed E-state index contributed by atoms with van der Waals surface area (Å²) in [5, 5.41) is 4.50. The Bertz CT molecular complexity index is 733. The predicted octanol–water partition coefficient (Wildman–Crippen LogP) is 2.21. The number of benzene rings is 1. The smallest absolute Gasteiger partial charge is 0.223 e. The lowest BCUT2D eigenvalue weighted by atomic mass is 10.3. The van der Waals surface area contributed by atoms with Gasteiger partial charge in [0.2, 0.25) is 11.8 Å². The molecule has 0 unspecified atom stereocenters. The first-order valence-electron chi connectivity index (χ1n) is 5.84. The molecule has 0 saturated carbocycles. The lowest BCUT2D eigenvalue weighted by Gasteiger charge is -2.04. The molecule has 0 fully saturated rings. The highest BCUT2D eigenvalue weighted by Crippen LogP contribution is 2.21. The van der Waals surface area contributed by atoms with E-state index in [1.54, 1.807) is 13.0 Å². The minimum atomic E-state index is 0.456. The molecule has 2 N–H and O–H groups in total. The summed E-state index contributed by atoms with van der Waals surface area (Å²) in [6, 6.07) is 5.52. The van der Waals surface area contributed by atoms with Crippen LogP contribution in [0, 0.1) is 6.92 Å². The van der Waals surface area contributed by atoms with Crippen LogP contribution in [-0.2, 0) is 13.0 Å². The van der Waals surface area contributed by atoms with Gasteiger partial charge < -0.3 is 14.8 Å². The number of hydrogen-bond donors (Lipinski definition) is 1. The van der Waals surface area contributed by atoms with E-state index in [1.807, 2.05) is 16.7 Å². The van der Waals surface area contributed by atoms with Gasteiger partial charge in [-0.1, -0.05) is 16.8 Å². The van der Waals surface area contributed by atoms with E-state index in [0.717, 1.165) is 11.0 Å². The fraction of sp³-hybridized carbons (Fsp3) is 0.250. The molecule has 0 atom stereocenters. The monoisotopic (exact) mass is 277 g/mol. The highest BCUT2D eigenvalue weighted by molar-refractivity contribution is 6.31. The molecule has 1 aromatic carbocycles. The molecule has 0 aliphatic heterocycles. The molecule has 19 heavy (non-hydrogen) atoms. The fourth-order valence-corrected chi connectivity index (χ4v) is 2.18. The maximum Gasteiger partial charge on any atom is 0.223 e. The maximum absolute atomic E-state index is 5.93. The van der Waals surface area contributed by atoms with Crippen molar-refractivity contribution in [2.75, 3.05) is 5.73 Å². The van der Waals surface area contributed by atoms with E-state index >= 15 is 0 Å². The molecule has 0 aliphatic carbocycles. The number of nitrogen functional groups attached to an aromatic ring is 1. The second-order valence-corrected chi connectivity index (χ2v) is 4.67. The quantitative estimate of drug-likeness (QED) is 0.793. The van der Waals surface area contributed by atoms with Crippen molar-refractivity contribution in [3.05, 3.63) is 34.9 Å². The Morgan fingerprint density at radius 2 is 2.21 bits per heavy atom. The van der Waals surface area contributed by atoms with Gasteiger partial charge in [0.15, 0.2) is 5.82 Å². The highest BCUT2D eigenvalue weighted by atomic mass is 35.5. The first kappa shape index (κ1) is 12.0. The minimum Gasteiger partial charge on any atom is -0.369 e. The van der Waals surface area contributed by atoms with Crippen molar-refractivity contribution in [2.45, 2.75) is 19.9 Å². The zero-order valence-corrected chi connectivity index (χ0v) is 11.1. The van der Waals surface area contributed by atoms with Crippen LogP contribution in [-0.4, -0.2) is 19.7 Å². The Morgan fingerprint density at radius 1 is 1.37 bits per heavy atom. The van der Waals surface area contributed by atoms with Gasteiger partial charge in [0.05, 0.1) is 11.0 Å². The maximum atomic E-state index is 5.93.